The largest absolute Gasteiger partial charge is 0.481 e. The Hall–Kier alpha value is -3.68. The van der Waals surface area contributed by atoms with Crippen LogP contribution in [-0.2, 0) is 11.2 Å². The van der Waals surface area contributed by atoms with Crippen molar-refractivity contribution in [3.63, 3.8) is 0 Å². The number of carboxylic acid groups (broad SMARTS) is 1. The number of amides is 1. The van der Waals surface area contributed by atoms with Crippen LogP contribution in [0.2, 0.25) is 10.0 Å². The van der Waals surface area contributed by atoms with Gasteiger partial charge in [0, 0.05) is 61.5 Å². The van der Waals surface area contributed by atoms with Crippen molar-refractivity contribution in [1.29, 1.82) is 0 Å². The van der Waals surface area contributed by atoms with Gasteiger partial charge in [0.25, 0.3) is 5.91 Å². The fraction of sp³-hybridized carbons (Fsp3) is 0.267. The minimum absolute atomic E-state index is 0.0291. The van der Waals surface area contributed by atoms with Gasteiger partial charge in [0.1, 0.15) is 0 Å². The van der Waals surface area contributed by atoms with Gasteiger partial charge in [-0.3, -0.25) is 14.6 Å². The molecule has 1 amide bonds. The highest BCUT2D eigenvalue weighted by Gasteiger charge is 2.25. The van der Waals surface area contributed by atoms with Crippen LogP contribution in [-0.4, -0.2) is 58.0 Å². The molecule has 0 spiro atoms. The van der Waals surface area contributed by atoms with Crippen LogP contribution in [0.1, 0.15) is 35.2 Å². The number of benzene rings is 2. The molecule has 200 valence electrons. The van der Waals surface area contributed by atoms with Crippen molar-refractivity contribution in [2.45, 2.75) is 25.7 Å². The van der Waals surface area contributed by atoms with Crippen LogP contribution in [0.5, 0.6) is 0 Å². The minimum Gasteiger partial charge on any atom is -0.481 e. The number of halogens is 2. The maximum Gasteiger partial charge on any atom is 0.303 e. The van der Waals surface area contributed by atoms with E-state index in [1.54, 1.807) is 12.4 Å². The van der Waals surface area contributed by atoms with Crippen molar-refractivity contribution in [2.24, 2.45) is 0 Å². The molecule has 1 N–H and O–H groups in total. The van der Waals surface area contributed by atoms with Gasteiger partial charge in [-0.15, -0.1) is 0 Å². The number of aliphatic carboxylic acids is 1. The summed E-state index contributed by atoms with van der Waals surface area (Å²) >= 11 is 12.7. The second-order valence-electron chi connectivity index (χ2n) is 9.60. The van der Waals surface area contributed by atoms with Crippen molar-refractivity contribution in [3.8, 4) is 11.3 Å². The van der Waals surface area contributed by atoms with E-state index in [9.17, 15) is 9.59 Å². The van der Waals surface area contributed by atoms with E-state index in [2.05, 4.69) is 16.0 Å². The zero-order valence-corrected chi connectivity index (χ0v) is 22.8. The van der Waals surface area contributed by atoms with Crippen LogP contribution < -0.4 is 4.90 Å². The molecular formula is C30H28Cl2N4O3. The Labute approximate surface area is 237 Å². The molecule has 4 aromatic rings. The lowest BCUT2D eigenvalue weighted by atomic mass is 9.98. The Kier molecular flexibility index (Phi) is 8.29. The number of pyridine rings is 2. The first-order valence-electron chi connectivity index (χ1n) is 12.9. The van der Waals surface area contributed by atoms with Gasteiger partial charge in [-0.25, -0.2) is 4.98 Å². The predicted molar refractivity (Wildman–Crippen MR) is 155 cm³/mol. The number of rotatable bonds is 8. The highest BCUT2D eigenvalue weighted by atomic mass is 35.5. The molecule has 39 heavy (non-hydrogen) atoms. The summed E-state index contributed by atoms with van der Waals surface area (Å²) in [5.41, 5.74) is 5.13. The third-order valence-electron chi connectivity index (χ3n) is 6.99. The fourth-order valence-corrected chi connectivity index (χ4v) is 5.61. The molecule has 2 aromatic carbocycles. The standard InChI is InChI=1S/C30H28Cl2N4O3/c31-24-18-33-19-25(32)29(24)35-12-14-36(15-13-35)30(39)22-10-11-26-23(17-22)16-21(8-4-5-9-27(37)38)28(34-26)20-6-2-1-3-7-20/h1-3,6-7,10-11,16-19H,4-5,8-9,12-15H2,(H,37,38). The first kappa shape index (κ1) is 26.9. The SMILES string of the molecule is O=C(O)CCCCc1cc2cc(C(=O)N3CCN(c4c(Cl)cncc4Cl)CC3)ccc2nc1-c1ccccc1. The van der Waals surface area contributed by atoms with E-state index in [1.165, 1.54) is 0 Å². The van der Waals surface area contributed by atoms with Crippen molar-refractivity contribution < 1.29 is 14.7 Å². The average Bonchev–Trinajstić information content (AvgIpc) is 2.95. The molecule has 0 atom stereocenters. The highest BCUT2D eigenvalue weighted by molar-refractivity contribution is 6.38. The molecule has 1 aliphatic rings. The Morgan fingerprint density at radius 3 is 2.31 bits per heavy atom. The first-order chi connectivity index (χ1) is 18.9. The Morgan fingerprint density at radius 1 is 0.897 bits per heavy atom. The number of unbranched alkanes of at least 4 members (excludes halogenated alkanes) is 1. The molecule has 3 heterocycles. The van der Waals surface area contributed by atoms with E-state index < -0.39 is 5.97 Å². The number of fused-ring (bicyclic) bond motifs is 1. The van der Waals surface area contributed by atoms with Crippen LogP contribution in [0.4, 0.5) is 5.69 Å². The maximum absolute atomic E-state index is 13.4. The fourth-order valence-electron chi connectivity index (χ4n) is 5.00. The second kappa shape index (κ2) is 12.0. The quantitative estimate of drug-likeness (QED) is 0.251. The number of carbonyl (C=O) groups is 2. The third kappa shape index (κ3) is 6.15. The molecule has 1 aliphatic heterocycles. The topological polar surface area (TPSA) is 86.6 Å². The molecule has 1 fully saturated rings. The lowest BCUT2D eigenvalue weighted by Gasteiger charge is -2.36. The van der Waals surface area contributed by atoms with E-state index in [-0.39, 0.29) is 12.3 Å². The number of carbonyl (C=O) groups excluding carboxylic acids is 1. The van der Waals surface area contributed by atoms with Gasteiger partial charge in [0.2, 0.25) is 0 Å². The third-order valence-corrected chi connectivity index (χ3v) is 7.54. The molecule has 0 bridgehead atoms. The monoisotopic (exact) mass is 562 g/mol. The Balaban J connectivity index is 1.36. The Morgan fingerprint density at radius 2 is 1.62 bits per heavy atom. The van der Waals surface area contributed by atoms with E-state index in [4.69, 9.17) is 33.3 Å². The van der Waals surface area contributed by atoms with Crippen molar-refractivity contribution in [2.75, 3.05) is 31.1 Å². The van der Waals surface area contributed by atoms with Gasteiger partial charge in [0.15, 0.2) is 0 Å². The van der Waals surface area contributed by atoms with E-state index >= 15 is 0 Å². The normalized spacial score (nSPS) is 13.6. The zero-order valence-electron chi connectivity index (χ0n) is 21.3. The molecule has 9 heteroatoms. The summed E-state index contributed by atoms with van der Waals surface area (Å²) < 4.78 is 0. The van der Waals surface area contributed by atoms with Gasteiger partial charge in [-0.05, 0) is 49.1 Å². The molecule has 2 aromatic heterocycles. The summed E-state index contributed by atoms with van der Waals surface area (Å²) in [6, 6.07) is 17.7. The summed E-state index contributed by atoms with van der Waals surface area (Å²) in [6.07, 6.45) is 5.35. The number of hydrogen-bond acceptors (Lipinski definition) is 5. The molecule has 0 aliphatic carbocycles. The molecule has 5 rings (SSSR count). The number of hydrogen-bond donors (Lipinski definition) is 1. The van der Waals surface area contributed by atoms with Crippen molar-refractivity contribution in [3.05, 3.63) is 88.2 Å². The van der Waals surface area contributed by atoms with E-state index in [1.807, 2.05) is 53.4 Å². The molecule has 7 nitrogen and oxygen atoms in total. The molecular weight excluding hydrogens is 535 g/mol. The first-order valence-corrected chi connectivity index (χ1v) is 13.7. The smallest absolute Gasteiger partial charge is 0.303 e. The summed E-state index contributed by atoms with van der Waals surface area (Å²) in [4.78, 5) is 37.3. The number of carboxylic acids is 1. The molecule has 0 unspecified atom stereocenters. The van der Waals surface area contributed by atoms with Crippen LogP contribution in [0.3, 0.4) is 0 Å². The maximum atomic E-state index is 13.4. The van der Waals surface area contributed by atoms with Crippen LogP contribution in [0, 0.1) is 0 Å². The van der Waals surface area contributed by atoms with Gasteiger partial charge < -0.3 is 14.9 Å². The second-order valence-corrected chi connectivity index (χ2v) is 10.4. The number of aryl methyl sites for hydroxylation is 1. The Bertz CT molecular complexity index is 1490. The lowest BCUT2D eigenvalue weighted by molar-refractivity contribution is -0.137. The number of aromatic nitrogens is 2. The average molecular weight is 563 g/mol. The number of piperazine rings is 1. The summed E-state index contributed by atoms with van der Waals surface area (Å²) in [5, 5.41) is 10.9. The van der Waals surface area contributed by atoms with E-state index in [0.717, 1.165) is 39.8 Å². The van der Waals surface area contributed by atoms with Gasteiger partial charge in [0.05, 0.1) is 26.9 Å². The van der Waals surface area contributed by atoms with Crippen molar-refractivity contribution >= 4 is 51.7 Å². The van der Waals surface area contributed by atoms with Gasteiger partial charge in [-0.1, -0.05) is 53.5 Å². The predicted octanol–water partition coefficient (Wildman–Crippen LogP) is 6.36. The van der Waals surface area contributed by atoms with Gasteiger partial charge >= 0.3 is 5.97 Å². The molecule has 1 saturated heterocycles. The lowest BCUT2D eigenvalue weighted by Crippen LogP contribution is -2.49. The van der Waals surface area contributed by atoms with E-state index in [0.29, 0.717) is 54.6 Å². The number of nitrogens with zero attached hydrogens (tertiary/aromatic N) is 4. The summed E-state index contributed by atoms with van der Waals surface area (Å²) in [5.74, 6) is -0.815. The van der Waals surface area contributed by atoms with Crippen LogP contribution >= 0.6 is 23.2 Å². The molecule has 0 radical (unpaired) electrons. The zero-order chi connectivity index (χ0) is 27.4. The highest BCUT2D eigenvalue weighted by Crippen LogP contribution is 2.33. The van der Waals surface area contributed by atoms with Crippen LogP contribution in [0.15, 0.2) is 67.0 Å². The molecule has 0 saturated carbocycles. The van der Waals surface area contributed by atoms with Crippen molar-refractivity contribution in [1.82, 2.24) is 14.9 Å². The summed E-state index contributed by atoms with van der Waals surface area (Å²) in [7, 11) is 0. The van der Waals surface area contributed by atoms with Gasteiger partial charge in [-0.2, -0.15) is 0 Å². The van der Waals surface area contributed by atoms with Crippen LogP contribution in [0.25, 0.3) is 22.2 Å². The minimum atomic E-state index is -0.786. The number of anilines is 1. The summed E-state index contributed by atoms with van der Waals surface area (Å²) in [6.45, 7) is 2.33.